The van der Waals surface area contributed by atoms with Gasteiger partial charge in [0.15, 0.2) is 0 Å². The summed E-state index contributed by atoms with van der Waals surface area (Å²) in [6.07, 6.45) is 6.20. The lowest BCUT2D eigenvalue weighted by atomic mass is 9.96. The average molecular weight is 387 g/mol. The van der Waals surface area contributed by atoms with Crippen LogP contribution >= 0.6 is 0 Å². The second-order valence-corrected chi connectivity index (χ2v) is 7.37. The van der Waals surface area contributed by atoms with E-state index in [-0.39, 0.29) is 17.9 Å². The highest BCUT2D eigenvalue weighted by molar-refractivity contribution is 5.78. The van der Waals surface area contributed by atoms with Crippen LogP contribution in [0.2, 0.25) is 0 Å². The van der Waals surface area contributed by atoms with Gasteiger partial charge in [-0.15, -0.1) is 0 Å². The van der Waals surface area contributed by atoms with Gasteiger partial charge >= 0.3 is 0 Å². The van der Waals surface area contributed by atoms with Gasteiger partial charge < -0.3 is 14.6 Å². The third-order valence-corrected chi connectivity index (χ3v) is 4.78. The largest absolute Gasteiger partial charge is 0.379 e. The SMILES string of the molecule is CC(C)OCCCNC(=O)C1CCN(Cc2nc(-c3cccnc3)no2)CC1. The Morgan fingerprint density at radius 3 is 2.93 bits per heavy atom. The van der Waals surface area contributed by atoms with Crippen molar-refractivity contribution >= 4 is 5.91 Å². The van der Waals surface area contributed by atoms with E-state index in [4.69, 9.17) is 9.26 Å². The number of piperidine rings is 1. The number of rotatable bonds is 9. The molecule has 8 heteroatoms. The highest BCUT2D eigenvalue weighted by Crippen LogP contribution is 2.20. The third-order valence-electron chi connectivity index (χ3n) is 4.78. The number of amides is 1. The van der Waals surface area contributed by atoms with Gasteiger partial charge in [0.2, 0.25) is 17.6 Å². The van der Waals surface area contributed by atoms with Crippen LogP contribution in [0.4, 0.5) is 0 Å². The molecule has 1 N–H and O–H groups in total. The van der Waals surface area contributed by atoms with Crippen molar-refractivity contribution in [3.63, 3.8) is 0 Å². The van der Waals surface area contributed by atoms with Crippen LogP contribution in [0.5, 0.6) is 0 Å². The van der Waals surface area contributed by atoms with Gasteiger partial charge in [-0.05, 0) is 58.3 Å². The Hall–Kier alpha value is -2.32. The number of carbonyl (C=O) groups excluding carboxylic acids is 1. The van der Waals surface area contributed by atoms with Crippen molar-refractivity contribution < 1.29 is 14.1 Å². The molecule has 1 saturated heterocycles. The number of ether oxygens (including phenoxy) is 1. The minimum absolute atomic E-state index is 0.0795. The highest BCUT2D eigenvalue weighted by atomic mass is 16.5. The van der Waals surface area contributed by atoms with Crippen molar-refractivity contribution in [2.24, 2.45) is 5.92 Å². The summed E-state index contributed by atoms with van der Waals surface area (Å²) in [4.78, 5) is 23.1. The Labute approximate surface area is 165 Å². The topological polar surface area (TPSA) is 93.4 Å². The first kappa shape index (κ1) is 20.4. The Morgan fingerprint density at radius 2 is 2.21 bits per heavy atom. The molecular weight excluding hydrogens is 358 g/mol. The maximum absolute atomic E-state index is 12.3. The molecule has 1 aliphatic rings. The summed E-state index contributed by atoms with van der Waals surface area (Å²) < 4.78 is 10.9. The van der Waals surface area contributed by atoms with Crippen LogP contribution in [0.15, 0.2) is 29.0 Å². The summed E-state index contributed by atoms with van der Waals surface area (Å²) in [7, 11) is 0. The van der Waals surface area contributed by atoms with Crippen LogP contribution in [0.3, 0.4) is 0 Å². The molecule has 1 amide bonds. The van der Waals surface area contributed by atoms with E-state index >= 15 is 0 Å². The van der Waals surface area contributed by atoms with E-state index < -0.39 is 0 Å². The first-order chi connectivity index (χ1) is 13.6. The second kappa shape index (κ2) is 10.3. The lowest BCUT2D eigenvalue weighted by Crippen LogP contribution is -2.40. The Balaban J connectivity index is 1.37. The van der Waals surface area contributed by atoms with E-state index in [9.17, 15) is 4.79 Å². The molecule has 1 aliphatic heterocycles. The van der Waals surface area contributed by atoms with Gasteiger partial charge in [0.05, 0.1) is 12.6 Å². The zero-order chi connectivity index (χ0) is 19.8. The lowest BCUT2D eigenvalue weighted by molar-refractivity contribution is -0.126. The molecule has 152 valence electrons. The zero-order valence-electron chi connectivity index (χ0n) is 16.6. The minimum atomic E-state index is 0.0795. The Kier molecular flexibility index (Phi) is 7.50. The van der Waals surface area contributed by atoms with Gasteiger partial charge in [0.25, 0.3) is 0 Å². The van der Waals surface area contributed by atoms with Crippen molar-refractivity contribution in [3.05, 3.63) is 30.4 Å². The number of nitrogens with zero attached hydrogens (tertiary/aromatic N) is 4. The number of likely N-dealkylation sites (tertiary alicyclic amines) is 1. The molecular formula is C20H29N5O3. The quantitative estimate of drug-likeness (QED) is 0.660. The van der Waals surface area contributed by atoms with Crippen molar-refractivity contribution in [3.8, 4) is 11.4 Å². The van der Waals surface area contributed by atoms with Crippen LogP contribution in [0.1, 0.15) is 39.0 Å². The Bertz CT molecular complexity index is 726. The second-order valence-electron chi connectivity index (χ2n) is 7.37. The number of aromatic nitrogens is 3. The molecule has 2 aromatic heterocycles. The number of hydrogen-bond donors (Lipinski definition) is 1. The standard InChI is InChI=1S/C20H29N5O3/c1-15(2)27-12-4-9-22-20(26)16-6-10-25(11-7-16)14-18-23-19(24-28-18)17-5-3-8-21-13-17/h3,5,8,13,15-16H,4,6-7,9-12,14H2,1-2H3,(H,22,26). The van der Waals surface area contributed by atoms with E-state index in [0.29, 0.717) is 31.4 Å². The molecule has 0 atom stereocenters. The maximum Gasteiger partial charge on any atom is 0.241 e. The molecule has 0 aromatic carbocycles. The average Bonchev–Trinajstić information content (AvgIpc) is 3.17. The summed E-state index contributed by atoms with van der Waals surface area (Å²) in [6, 6.07) is 3.75. The summed E-state index contributed by atoms with van der Waals surface area (Å²) in [6.45, 7) is 7.68. The molecule has 28 heavy (non-hydrogen) atoms. The van der Waals surface area contributed by atoms with Crippen LogP contribution in [-0.2, 0) is 16.1 Å². The van der Waals surface area contributed by atoms with Gasteiger partial charge in [-0.1, -0.05) is 5.16 Å². The molecule has 0 saturated carbocycles. The smallest absolute Gasteiger partial charge is 0.241 e. The molecule has 0 radical (unpaired) electrons. The van der Waals surface area contributed by atoms with Crippen molar-refractivity contribution in [1.29, 1.82) is 0 Å². The number of hydrogen-bond acceptors (Lipinski definition) is 7. The fourth-order valence-corrected chi connectivity index (χ4v) is 3.22. The van der Waals surface area contributed by atoms with Crippen LogP contribution in [0, 0.1) is 5.92 Å². The molecule has 0 aliphatic carbocycles. The van der Waals surface area contributed by atoms with Crippen LogP contribution in [-0.4, -0.2) is 58.3 Å². The molecule has 3 rings (SSSR count). The molecule has 2 aromatic rings. The molecule has 8 nitrogen and oxygen atoms in total. The highest BCUT2D eigenvalue weighted by Gasteiger charge is 2.25. The van der Waals surface area contributed by atoms with E-state index in [1.54, 1.807) is 12.4 Å². The van der Waals surface area contributed by atoms with E-state index in [1.807, 2.05) is 26.0 Å². The molecule has 3 heterocycles. The predicted molar refractivity (Wildman–Crippen MR) is 104 cm³/mol. The van der Waals surface area contributed by atoms with Gasteiger partial charge in [0.1, 0.15) is 0 Å². The first-order valence-electron chi connectivity index (χ1n) is 9.96. The van der Waals surface area contributed by atoms with E-state index in [2.05, 4.69) is 25.3 Å². The molecule has 0 spiro atoms. The maximum atomic E-state index is 12.3. The first-order valence-corrected chi connectivity index (χ1v) is 9.96. The fourth-order valence-electron chi connectivity index (χ4n) is 3.22. The van der Waals surface area contributed by atoms with Crippen LogP contribution in [0.25, 0.3) is 11.4 Å². The fraction of sp³-hybridized carbons (Fsp3) is 0.600. The number of nitrogens with one attached hydrogen (secondary N) is 1. The van der Waals surface area contributed by atoms with E-state index in [0.717, 1.165) is 37.9 Å². The van der Waals surface area contributed by atoms with Crippen molar-refractivity contribution in [2.75, 3.05) is 26.2 Å². The molecule has 1 fully saturated rings. The van der Waals surface area contributed by atoms with Crippen molar-refractivity contribution in [2.45, 2.75) is 45.8 Å². The summed E-state index contributed by atoms with van der Waals surface area (Å²) in [5.74, 6) is 1.38. The molecule has 0 unspecified atom stereocenters. The van der Waals surface area contributed by atoms with Crippen molar-refractivity contribution in [1.82, 2.24) is 25.3 Å². The van der Waals surface area contributed by atoms with E-state index in [1.165, 1.54) is 0 Å². The number of pyridine rings is 1. The van der Waals surface area contributed by atoms with Crippen LogP contribution < -0.4 is 5.32 Å². The monoisotopic (exact) mass is 387 g/mol. The normalized spacial score (nSPS) is 15.8. The summed E-state index contributed by atoms with van der Waals surface area (Å²) >= 11 is 0. The molecule has 0 bridgehead atoms. The summed E-state index contributed by atoms with van der Waals surface area (Å²) in [5, 5.41) is 7.06. The Morgan fingerprint density at radius 1 is 1.39 bits per heavy atom. The van der Waals surface area contributed by atoms with Gasteiger partial charge in [-0.25, -0.2) is 0 Å². The lowest BCUT2D eigenvalue weighted by Gasteiger charge is -2.30. The van der Waals surface area contributed by atoms with Gasteiger partial charge in [-0.2, -0.15) is 4.98 Å². The third kappa shape index (κ3) is 6.10. The summed E-state index contributed by atoms with van der Waals surface area (Å²) in [5.41, 5.74) is 0.840. The zero-order valence-corrected chi connectivity index (χ0v) is 16.6. The van der Waals surface area contributed by atoms with Gasteiger partial charge in [0, 0.05) is 37.0 Å². The van der Waals surface area contributed by atoms with Gasteiger partial charge in [-0.3, -0.25) is 14.7 Å². The predicted octanol–water partition coefficient (Wildman–Crippen LogP) is 2.27. The minimum Gasteiger partial charge on any atom is -0.379 e. The number of carbonyl (C=O) groups is 1.